The number of pyridine rings is 1. The predicted molar refractivity (Wildman–Crippen MR) is 79.5 cm³/mol. The monoisotopic (exact) mass is 298 g/mol. The zero-order valence-electron chi connectivity index (χ0n) is 11.4. The van der Waals surface area contributed by atoms with Gasteiger partial charge in [0.05, 0.1) is 12.1 Å². The van der Waals surface area contributed by atoms with Crippen molar-refractivity contribution in [3.8, 4) is 0 Å². The Morgan fingerprint density at radius 3 is 2.95 bits per heavy atom. The molecule has 0 spiro atoms. The van der Waals surface area contributed by atoms with Crippen LogP contribution in [0.5, 0.6) is 0 Å². The fraction of sp³-hybridized carbons (Fsp3) is 0.538. The van der Waals surface area contributed by atoms with Gasteiger partial charge in [-0.3, -0.25) is 4.79 Å². The van der Waals surface area contributed by atoms with Gasteiger partial charge in [-0.25, -0.2) is 4.98 Å². The van der Waals surface area contributed by atoms with Gasteiger partial charge in [0, 0.05) is 25.5 Å². The van der Waals surface area contributed by atoms with Crippen molar-refractivity contribution in [3.05, 3.63) is 28.4 Å². The lowest BCUT2D eigenvalue weighted by Gasteiger charge is -2.23. The first-order chi connectivity index (χ1) is 9.29. The van der Waals surface area contributed by atoms with Crippen molar-refractivity contribution in [3.63, 3.8) is 0 Å². The summed E-state index contributed by atoms with van der Waals surface area (Å²) in [6.45, 7) is 2.08. The highest BCUT2D eigenvalue weighted by Gasteiger charge is 2.18. The van der Waals surface area contributed by atoms with Gasteiger partial charge in [0.2, 0.25) is 0 Å². The van der Waals surface area contributed by atoms with E-state index < -0.39 is 0 Å². The fourth-order valence-corrected chi connectivity index (χ4v) is 2.57. The Kier molecular flexibility index (Phi) is 4.80. The number of nitrogens with one attached hydrogen (secondary N) is 2. The van der Waals surface area contributed by atoms with Crippen molar-refractivity contribution in [1.29, 1.82) is 0 Å². The largest absolute Gasteiger partial charge is 0.381 e. The molecule has 1 aliphatic heterocycles. The third kappa shape index (κ3) is 2.72. The lowest BCUT2D eigenvalue weighted by molar-refractivity contribution is 0.0688. The standard InChI is InChI=1S/C13H18N4O2.ClH/c1-14-8-11-15-10-2-5-17(13(18)12(10)16-11)9-3-6-19-7-4-9;/h2,5,9,14H,3-4,6-8H2,1H3,(H,15,16);1H. The Balaban J connectivity index is 0.00000147. The summed E-state index contributed by atoms with van der Waals surface area (Å²) in [5, 5.41) is 3.02. The summed E-state index contributed by atoms with van der Waals surface area (Å²) < 4.78 is 7.15. The number of H-pyrrole nitrogens is 1. The highest BCUT2D eigenvalue weighted by molar-refractivity contribution is 5.85. The summed E-state index contributed by atoms with van der Waals surface area (Å²) in [6.07, 6.45) is 3.64. The number of aromatic nitrogens is 3. The van der Waals surface area contributed by atoms with E-state index in [0.29, 0.717) is 12.1 Å². The van der Waals surface area contributed by atoms with Gasteiger partial charge >= 0.3 is 0 Å². The van der Waals surface area contributed by atoms with Gasteiger partial charge in [0.25, 0.3) is 5.56 Å². The fourth-order valence-electron chi connectivity index (χ4n) is 2.57. The Morgan fingerprint density at radius 1 is 1.50 bits per heavy atom. The molecule has 0 atom stereocenters. The maximum atomic E-state index is 12.5. The van der Waals surface area contributed by atoms with Crippen LogP contribution in [0.15, 0.2) is 17.1 Å². The van der Waals surface area contributed by atoms with Crippen molar-refractivity contribution >= 4 is 23.4 Å². The minimum atomic E-state index is 0. The minimum Gasteiger partial charge on any atom is -0.381 e. The van der Waals surface area contributed by atoms with Crippen LogP contribution >= 0.6 is 12.4 Å². The van der Waals surface area contributed by atoms with E-state index >= 15 is 0 Å². The highest BCUT2D eigenvalue weighted by Crippen LogP contribution is 2.19. The molecule has 0 amide bonds. The van der Waals surface area contributed by atoms with E-state index in [4.69, 9.17) is 4.74 Å². The number of hydrogen-bond acceptors (Lipinski definition) is 4. The van der Waals surface area contributed by atoms with Crippen LogP contribution in [0, 0.1) is 0 Å². The second-order valence-electron chi connectivity index (χ2n) is 4.85. The Hall–Kier alpha value is -1.37. The molecule has 20 heavy (non-hydrogen) atoms. The smallest absolute Gasteiger partial charge is 0.276 e. The summed E-state index contributed by atoms with van der Waals surface area (Å²) in [5.41, 5.74) is 1.34. The van der Waals surface area contributed by atoms with Crippen LogP contribution in [0.1, 0.15) is 24.7 Å². The van der Waals surface area contributed by atoms with E-state index in [0.717, 1.165) is 37.4 Å². The van der Waals surface area contributed by atoms with Crippen LogP contribution < -0.4 is 10.9 Å². The molecule has 0 saturated carbocycles. The van der Waals surface area contributed by atoms with Crippen LogP contribution in [0.25, 0.3) is 11.0 Å². The highest BCUT2D eigenvalue weighted by atomic mass is 35.5. The van der Waals surface area contributed by atoms with Crippen LogP contribution in [-0.4, -0.2) is 34.8 Å². The van der Waals surface area contributed by atoms with E-state index in [1.165, 1.54) is 0 Å². The number of aromatic amines is 1. The van der Waals surface area contributed by atoms with Crippen LogP contribution in [0.4, 0.5) is 0 Å². The Bertz CT molecular complexity index is 631. The number of hydrogen-bond donors (Lipinski definition) is 2. The summed E-state index contributed by atoms with van der Waals surface area (Å²) in [5.74, 6) is 0.791. The first-order valence-electron chi connectivity index (χ1n) is 6.61. The number of ether oxygens (including phenoxy) is 1. The minimum absolute atomic E-state index is 0. The molecule has 1 saturated heterocycles. The number of rotatable bonds is 3. The third-order valence-electron chi connectivity index (χ3n) is 3.55. The number of nitrogens with zero attached hydrogens (tertiary/aromatic N) is 2. The van der Waals surface area contributed by atoms with E-state index in [2.05, 4.69) is 15.3 Å². The molecular weight excluding hydrogens is 280 g/mol. The van der Waals surface area contributed by atoms with Crippen molar-refractivity contribution < 1.29 is 4.74 Å². The number of fused-ring (bicyclic) bond motifs is 1. The van der Waals surface area contributed by atoms with Gasteiger partial charge in [-0.2, -0.15) is 0 Å². The third-order valence-corrected chi connectivity index (χ3v) is 3.55. The maximum Gasteiger partial charge on any atom is 0.276 e. The van der Waals surface area contributed by atoms with Crippen LogP contribution in [-0.2, 0) is 11.3 Å². The van der Waals surface area contributed by atoms with E-state index in [-0.39, 0.29) is 24.0 Å². The second-order valence-corrected chi connectivity index (χ2v) is 4.85. The molecule has 1 fully saturated rings. The molecule has 0 aliphatic carbocycles. The lowest BCUT2D eigenvalue weighted by Crippen LogP contribution is -2.28. The molecule has 6 nitrogen and oxygen atoms in total. The summed E-state index contributed by atoms with van der Waals surface area (Å²) >= 11 is 0. The molecule has 2 aromatic rings. The molecule has 0 radical (unpaired) electrons. The van der Waals surface area contributed by atoms with E-state index in [1.54, 1.807) is 0 Å². The number of halogens is 1. The summed E-state index contributed by atoms with van der Waals surface area (Å²) in [7, 11) is 1.85. The SMILES string of the molecule is CNCc1nc2ccn(C3CCOCC3)c(=O)c2[nH]1.Cl. The zero-order chi connectivity index (χ0) is 13.2. The van der Waals surface area contributed by atoms with Gasteiger partial charge in [0.15, 0.2) is 0 Å². The van der Waals surface area contributed by atoms with Crippen LogP contribution in [0.3, 0.4) is 0 Å². The van der Waals surface area contributed by atoms with Crippen molar-refractivity contribution in [2.45, 2.75) is 25.4 Å². The molecule has 110 valence electrons. The normalized spacial score (nSPS) is 16.2. The van der Waals surface area contributed by atoms with Crippen molar-refractivity contribution in [2.75, 3.05) is 20.3 Å². The first kappa shape index (κ1) is 15.0. The Morgan fingerprint density at radius 2 is 2.25 bits per heavy atom. The van der Waals surface area contributed by atoms with Crippen molar-refractivity contribution in [2.24, 2.45) is 0 Å². The molecule has 3 rings (SSSR count). The van der Waals surface area contributed by atoms with E-state index in [9.17, 15) is 4.79 Å². The van der Waals surface area contributed by atoms with Gasteiger partial charge < -0.3 is 19.6 Å². The molecular formula is C13H19ClN4O2. The van der Waals surface area contributed by atoms with Gasteiger partial charge in [-0.15, -0.1) is 12.4 Å². The summed E-state index contributed by atoms with van der Waals surface area (Å²) in [6, 6.07) is 2.14. The lowest BCUT2D eigenvalue weighted by atomic mass is 10.1. The van der Waals surface area contributed by atoms with Crippen molar-refractivity contribution in [1.82, 2.24) is 19.9 Å². The molecule has 2 aromatic heterocycles. The average Bonchev–Trinajstić information content (AvgIpc) is 2.84. The first-order valence-corrected chi connectivity index (χ1v) is 6.61. The maximum absolute atomic E-state index is 12.5. The molecule has 1 aliphatic rings. The molecule has 2 N–H and O–H groups in total. The Labute approximate surface area is 122 Å². The van der Waals surface area contributed by atoms with Gasteiger partial charge in [-0.1, -0.05) is 0 Å². The molecule has 0 bridgehead atoms. The predicted octanol–water partition coefficient (Wildman–Crippen LogP) is 1.22. The zero-order valence-corrected chi connectivity index (χ0v) is 12.2. The average molecular weight is 299 g/mol. The second kappa shape index (κ2) is 6.39. The summed E-state index contributed by atoms with van der Waals surface area (Å²) in [4.78, 5) is 20.0. The van der Waals surface area contributed by atoms with Crippen LogP contribution in [0.2, 0.25) is 0 Å². The van der Waals surface area contributed by atoms with E-state index in [1.807, 2.05) is 23.9 Å². The molecule has 0 aromatic carbocycles. The van der Waals surface area contributed by atoms with Gasteiger partial charge in [0.1, 0.15) is 11.3 Å². The molecule has 0 unspecified atom stereocenters. The van der Waals surface area contributed by atoms with Gasteiger partial charge in [-0.05, 0) is 26.0 Å². The quantitative estimate of drug-likeness (QED) is 0.894. The topological polar surface area (TPSA) is 71.9 Å². The molecule has 3 heterocycles. The number of imidazole rings is 1. The molecule has 7 heteroatoms.